The highest BCUT2D eigenvalue weighted by Gasteiger charge is 2.27. The molecule has 0 heterocycles. The molecule has 3 atom stereocenters. The highest BCUT2D eigenvalue weighted by Crippen LogP contribution is 2.29. The molecule has 1 amide bonds. The van der Waals surface area contributed by atoms with Crippen molar-refractivity contribution in [3.63, 3.8) is 0 Å². The van der Waals surface area contributed by atoms with Crippen LogP contribution in [0.25, 0.3) is 0 Å². The Labute approximate surface area is 134 Å². The van der Waals surface area contributed by atoms with Crippen LogP contribution in [-0.2, 0) is 4.79 Å². The number of rotatable bonds is 5. The summed E-state index contributed by atoms with van der Waals surface area (Å²) in [5.41, 5.74) is -0.364. The van der Waals surface area contributed by atoms with Crippen molar-refractivity contribution < 1.29 is 18.8 Å². The van der Waals surface area contributed by atoms with Crippen molar-refractivity contribution >= 4 is 11.6 Å². The first-order valence-corrected chi connectivity index (χ1v) is 7.79. The lowest BCUT2D eigenvalue weighted by Gasteiger charge is -2.30. The molecular formula is C16H21FN2O4. The van der Waals surface area contributed by atoms with E-state index in [4.69, 9.17) is 4.74 Å². The van der Waals surface area contributed by atoms with Crippen LogP contribution in [0.2, 0.25) is 0 Å². The average molecular weight is 324 g/mol. The molecule has 1 saturated carbocycles. The number of nitro groups is 1. The number of ether oxygens (including phenoxy) is 1. The molecule has 1 N–H and O–H groups in total. The standard InChI is InChI=1S/C16H21FN2O4/c1-10-5-3-4-6-13(10)18-16(20)11(2)23-15-9-12(17)7-8-14(15)19(21)22/h7-11,13H,3-6H2,1-2H3,(H,18,20)/t10-,11+,13+/m0/s1. The zero-order valence-corrected chi connectivity index (χ0v) is 13.3. The van der Waals surface area contributed by atoms with Gasteiger partial charge in [-0.05, 0) is 31.7 Å². The van der Waals surface area contributed by atoms with Crippen molar-refractivity contribution in [2.45, 2.75) is 51.7 Å². The van der Waals surface area contributed by atoms with Crippen LogP contribution in [0, 0.1) is 21.8 Å². The molecule has 0 bridgehead atoms. The number of nitro benzene ring substituents is 1. The summed E-state index contributed by atoms with van der Waals surface area (Å²) in [5, 5.41) is 13.9. The summed E-state index contributed by atoms with van der Waals surface area (Å²) < 4.78 is 18.6. The van der Waals surface area contributed by atoms with Gasteiger partial charge in [0.1, 0.15) is 5.82 Å². The Kier molecular flexibility index (Phi) is 5.52. The van der Waals surface area contributed by atoms with Gasteiger partial charge in [-0.15, -0.1) is 0 Å². The Morgan fingerprint density at radius 2 is 2.13 bits per heavy atom. The summed E-state index contributed by atoms with van der Waals surface area (Å²) in [5.74, 6) is -0.848. The van der Waals surface area contributed by atoms with Gasteiger partial charge in [-0.25, -0.2) is 4.39 Å². The van der Waals surface area contributed by atoms with E-state index in [9.17, 15) is 19.3 Å². The second kappa shape index (κ2) is 7.39. The zero-order chi connectivity index (χ0) is 17.0. The fourth-order valence-corrected chi connectivity index (χ4v) is 2.81. The highest BCUT2D eigenvalue weighted by molar-refractivity contribution is 5.81. The predicted molar refractivity (Wildman–Crippen MR) is 82.7 cm³/mol. The summed E-state index contributed by atoms with van der Waals surface area (Å²) in [7, 11) is 0. The van der Waals surface area contributed by atoms with Crippen LogP contribution in [0.5, 0.6) is 5.75 Å². The van der Waals surface area contributed by atoms with Crippen LogP contribution < -0.4 is 10.1 Å². The van der Waals surface area contributed by atoms with Crippen LogP contribution in [0.4, 0.5) is 10.1 Å². The molecule has 2 rings (SSSR count). The number of hydrogen-bond acceptors (Lipinski definition) is 4. The molecule has 0 radical (unpaired) electrons. The Bertz CT molecular complexity index is 593. The number of nitrogens with zero attached hydrogens (tertiary/aromatic N) is 1. The molecule has 6 nitrogen and oxygen atoms in total. The minimum absolute atomic E-state index is 0.0878. The number of halogens is 1. The lowest BCUT2D eigenvalue weighted by Crippen LogP contribution is -2.46. The lowest BCUT2D eigenvalue weighted by atomic mass is 9.86. The van der Waals surface area contributed by atoms with Crippen LogP contribution in [-0.4, -0.2) is 23.0 Å². The van der Waals surface area contributed by atoms with Crippen molar-refractivity contribution in [3.05, 3.63) is 34.1 Å². The Morgan fingerprint density at radius 3 is 2.78 bits per heavy atom. The molecule has 1 aromatic rings. The number of nitrogens with one attached hydrogen (secondary N) is 1. The van der Waals surface area contributed by atoms with Crippen molar-refractivity contribution in [2.24, 2.45) is 5.92 Å². The minimum Gasteiger partial charge on any atom is -0.474 e. The third-order valence-electron chi connectivity index (χ3n) is 4.23. The SMILES string of the molecule is C[C@@H](Oc1cc(F)ccc1[N+](=O)[O-])C(=O)N[C@@H]1CCCC[C@@H]1C. The molecule has 0 aromatic heterocycles. The summed E-state index contributed by atoms with van der Waals surface area (Å²) in [6.45, 7) is 3.59. The van der Waals surface area contributed by atoms with Gasteiger partial charge in [0.15, 0.2) is 6.10 Å². The van der Waals surface area contributed by atoms with E-state index in [-0.39, 0.29) is 23.4 Å². The van der Waals surface area contributed by atoms with Gasteiger partial charge in [0, 0.05) is 18.2 Å². The quantitative estimate of drug-likeness (QED) is 0.666. The van der Waals surface area contributed by atoms with Gasteiger partial charge in [-0.1, -0.05) is 19.8 Å². The van der Waals surface area contributed by atoms with Gasteiger partial charge in [-0.2, -0.15) is 0 Å². The second-order valence-corrected chi connectivity index (χ2v) is 6.01. The average Bonchev–Trinajstić information content (AvgIpc) is 2.49. The van der Waals surface area contributed by atoms with Crippen molar-refractivity contribution in [1.82, 2.24) is 5.32 Å². The van der Waals surface area contributed by atoms with Gasteiger partial charge in [0.05, 0.1) is 4.92 Å². The summed E-state index contributed by atoms with van der Waals surface area (Å²) in [6.07, 6.45) is 3.27. The van der Waals surface area contributed by atoms with E-state index in [1.54, 1.807) is 0 Å². The largest absolute Gasteiger partial charge is 0.474 e. The van der Waals surface area contributed by atoms with Crippen molar-refractivity contribution in [2.75, 3.05) is 0 Å². The maximum atomic E-state index is 13.3. The molecule has 1 fully saturated rings. The first-order chi connectivity index (χ1) is 10.9. The third kappa shape index (κ3) is 4.40. The number of benzene rings is 1. The van der Waals surface area contributed by atoms with Gasteiger partial charge in [-0.3, -0.25) is 14.9 Å². The van der Waals surface area contributed by atoms with Crippen molar-refractivity contribution in [1.29, 1.82) is 0 Å². The summed E-state index contributed by atoms with van der Waals surface area (Å²) in [4.78, 5) is 22.5. The molecule has 0 saturated heterocycles. The van der Waals surface area contributed by atoms with E-state index >= 15 is 0 Å². The van der Waals surface area contributed by atoms with Gasteiger partial charge < -0.3 is 10.1 Å². The molecule has 1 aromatic carbocycles. The normalized spacial score (nSPS) is 22.2. The number of carbonyl (C=O) groups is 1. The molecule has 1 aliphatic rings. The Hall–Kier alpha value is -2.18. The van der Waals surface area contributed by atoms with E-state index < -0.39 is 16.8 Å². The van der Waals surface area contributed by atoms with Gasteiger partial charge >= 0.3 is 5.69 Å². The van der Waals surface area contributed by atoms with Crippen molar-refractivity contribution in [3.8, 4) is 5.75 Å². The lowest BCUT2D eigenvalue weighted by molar-refractivity contribution is -0.386. The van der Waals surface area contributed by atoms with Crippen LogP contribution in [0.15, 0.2) is 18.2 Å². The van der Waals surface area contributed by atoms with Gasteiger partial charge in [0.2, 0.25) is 5.75 Å². The molecule has 126 valence electrons. The van der Waals surface area contributed by atoms with E-state index in [0.717, 1.165) is 43.9 Å². The smallest absolute Gasteiger partial charge is 0.311 e. The summed E-state index contributed by atoms with van der Waals surface area (Å²) >= 11 is 0. The van der Waals surface area contributed by atoms with E-state index in [0.29, 0.717) is 5.92 Å². The molecule has 1 aliphatic carbocycles. The number of carbonyl (C=O) groups excluding carboxylic acids is 1. The Morgan fingerprint density at radius 1 is 1.43 bits per heavy atom. The molecule has 7 heteroatoms. The number of amides is 1. The molecule has 23 heavy (non-hydrogen) atoms. The fourth-order valence-electron chi connectivity index (χ4n) is 2.81. The highest BCUT2D eigenvalue weighted by atomic mass is 19.1. The van der Waals surface area contributed by atoms with Crippen LogP contribution in [0.3, 0.4) is 0 Å². The van der Waals surface area contributed by atoms with E-state index in [1.165, 1.54) is 6.92 Å². The molecule has 0 aliphatic heterocycles. The maximum absolute atomic E-state index is 13.3. The molecule has 0 spiro atoms. The van der Waals surface area contributed by atoms with Crippen LogP contribution in [0.1, 0.15) is 39.5 Å². The van der Waals surface area contributed by atoms with E-state index in [2.05, 4.69) is 12.2 Å². The summed E-state index contributed by atoms with van der Waals surface area (Å²) in [6, 6.07) is 3.02. The maximum Gasteiger partial charge on any atom is 0.311 e. The Balaban J connectivity index is 2.03. The van der Waals surface area contributed by atoms with Gasteiger partial charge in [0.25, 0.3) is 5.91 Å². The van der Waals surface area contributed by atoms with Crippen LogP contribution >= 0.6 is 0 Å². The second-order valence-electron chi connectivity index (χ2n) is 6.01. The predicted octanol–water partition coefficient (Wildman–Crippen LogP) is 3.20. The zero-order valence-electron chi connectivity index (χ0n) is 13.3. The fraction of sp³-hybridized carbons (Fsp3) is 0.562. The third-order valence-corrected chi connectivity index (χ3v) is 4.23. The number of hydrogen-bond donors (Lipinski definition) is 1. The van der Waals surface area contributed by atoms with E-state index in [1.807, 2.05) is 0 Å². The first-order valence-electron chi connectivity index (χ1n) is 7.79. The molecule has 0 unspecified atom stereocenters. The first kappa shape index (κ1) is 17.2. The molecular weight excluding hydrogens is 303 g/mol. The monoisotopic (exact) mass is 324 g/mol. The topological polar surface area (TPSA) is 81.5 Å². The minimum atomic E-state index is -0.940.